The molecule has 0 bridgehead atoms. The maximum Gasteiger partial charge on any atom is 0.119 e. The van der Waals surface area contributed by atoms with Gasteiger partial charge in [0.15, 0.2) is 0 Å². The highest BCUT2D eigenvalue weighted by molar-refractivity contribution is 6.33. The van der Waals surface area contributed by atoms with Crippen LogP contribution in [0, 0.1) is 0 Å². The summed E-state index contributed by atoms with van der Waals surface area (Å²) in [5.41, 5.74) is 8.78. The number of hydrogen-bond acceptors (Lipinski definition) is 3. The number of aromatic nitrogens is 1. The lowest BCUT2D eigenvalue weighted by Crippen LogP contribution is -2.01. The van der Waals surface area contributed by atoms with Crippen LogP contribution in [-0.4, -0.2) is 18.1 Å². The monoisotopic (exact) mass is 274 g/mol. The summed E-state index contributed by atoms with van der Waals surface area (Å²) in [5.74, 6) is 1.25. The van der Waals surface area contributed by atoms with Crippen molar-refractivity contribution in [2.75, 3.05) is 7.11 Å². The van der Waals surface area contributed by atoms with Crippen LogP contribution in [0.3, 0.4) is 0 Å². The standard InChI is InChI=1S/C15H15ClN2O/c1-19-10-3-4-13(16)12(6-10)15-5-2-9(8-18-15)11-7-14(11)17/h2-6,8,11,14H,7,17H2,1H3/t11-,14+/m0/s1. The lowest BCUT2D eigenvalue weighted by atomic mass is 10.1. The molecular weight excluding hydrogens is 260 g/mol. The first-order valence-corrected chi connectivity index (χ1v) is 6.62. The minimum Gasteiger partial charge on any atom is -0.497 e. The average Bonchev–Trinajstić information content (AvgIpc) is 3.17. The van der Waals surface area contributed by atoms with Gasteiger partial charge in [-0.25, -0.2) is 0 Å². The van der Waals surface area contributed by atoms with Gasteiger partial charge in [0.05, 0.1) is 17.8 Å². The Kier molecular flexibility index (Phi) is 3.17. The normalized spacial score (nSPS) is 21.2. The van der Waals surface area contributed by atoms with E-state index in [4.69, 9.17) is 22.1 Å². The van der Waals surface area contributed by atoms with Crippen molar-refractivity contribution in [2.24, 2.45) is 5.73 Å². The predicted molar refractivity (Wildman–Crippen MR) is 76.6 cm³/mol. The van der Waals surface area contributed by atoms with Crippen LogP contribution in [0.4, 0.5) is 0 Å². The third-order valence-corrected chi connectivity index (χ3v) is 3.83. The van der Waals surface area contributed by atoms with Gasteiger partial charge in [-0.3, -0.25) is 4.98 Å². The summed E-state index contributed by atoms with van der Waals surface area (Å²) < 4.78 is 5.21. The summed E-state index contributed by atoms with van der Waals surface area (Å²) in [6.45, 7) is 0. The summed E-state index contributed by atoms with van der Waals surface area (Å²) in [5, 5.41) is 0.671. The SMILES string of the molecule is COc1ccc(Cl)c(-c2ccc([C@@H]3C[C@H]3N)cn2)c1. The van der Waals surface area contributed by atoms with Crippen LogP contribution in [-0.2, 0) is 0 Å². The van der Waals surface area contributed by atoms with E-state index in [2.05, 4.69) is 11.1 Å². The Labute approximate surface area is 117 Å². The molecule has 2 atom stereocenters. The van der Waals surface area contributed by atoms with E-state index in [0.29, 0.717) is 17.0 Å². The van der Waals surface area contributed by atoms with Gasteiger partial charge in [0.2, 0.25) is 0 Å². The zero-order chi connectivity index (χ0) is 13.4. The predicted octanol–water partition coefficient (Wildman–Crippen LogP) is 3.23. The maximum atomic E-state index is 6.21. The molecule has 1 aliphatic carbocycles. The second-order valence-corrected chi connectivity index (χ2v) is 5.24. The summed E-state index contributed by atoms with van der Waals surface area (Å²) >= 11 is 6.21. The Balaban J connectivity index is 1.93. The van der Waals surface area contributed by atoms with Gasteiger partial charge >= 0.3 is 0 Å². The first-order valence-electron chi connectivity index (χ1n) is 6.24. The molecule has 1 heterocycles. The van der Waals surface area contributed by atoms with E-state index in [-0.39, 0.29) is 0 Å². The highest BCUT2D eigenvalue weighted by atomic mass is 35.5. The Hall–Kier alpha value is -1.58. The van der Waals surface area contributed by atoms with Crippen molar-refractivity contribution >= 4 is 11.6 Å². The molecule has 0 amide bonds. The maximum absolute atomic E-state index is 6.21. The van der Waals surface area contributed by atoms with E-state index in [9.17, 15) is 0 Å². The molecule has 0 radical (unpaired) electrons. The van der Waals surface area contributed by atoms with E-state index in [0.717, 1.165) is 23.4 Å². The minimum absolute atomic E-state index is 0.299. The molecule has 3 nitrogen and oxygen atoms in total. The second kappa shape index (κ2) is 4.83. The van der Waals surface area contributed by atoms with Crippen molar-refractivity contribution in [3.8, 4) is 17.0 Å². The quantitative estimate of drug-likeness (QED) is 0.935. The molecule has 19 heavy (non-hydrogen) atoms. The Morgan fingerprint density at radius 3 is 2.68 bits per heavy atom. The third-order valence-electron chi connectivity index (χ3n) is 3.50. The van der Waals surface area contributed by atoms with Gasteiger partial charge in [0.25, 0.3) is 0 Å². The Bertz CT molecular complexity index is 598. The van der Waals surface area contributed by atoms with Crippen LogP contribution >= 0.6 is 11.6 Å². The molecule has 1 aliphatic rings. The first kappa shape index (κ1) is 12.5. The number of halogens is 1. The summed E-state index contributed by atoms with van der Waals surface area (Å²) in [7, 11) is 1.64. The lowest BCUT2D eigenvalue weighted by molar-refractivity contribution is 0.415. The van der Waals surface area contributed by atoms with Crippen molar-refractivity contribution in [3.63, 3.8) is 0 Å². The molecule has 2 N–H and O–H groups in total. The lowest BCUT2D eigenvalue weighted by Gasteiger charge is -2.07. The van der Waals surface area contributed by atoms with Gasteiger partial charge in [0, 0.05) is 23.7 Å². The summed E-state index contributed by atoms with van der Waals surface area (Å²) in [6, 6.07) is 9.92. The zero-order valence-electron chi connectivity index (χ0n) is 10.6. The largest absolute Gasteiger partial charge is 0.497 e. The van der Waals surface area contributed by atoms with Gasteiger partial charge in [0.1, 0.15) is 5.75 Å². The van der Waals surface area contributed by atoms with Gasteiger partial charge < -0.3 is 10.5 Å². The highest BCUT2D eigenvalue weighted by Crippen LogP contribution is 2.39. The summed E-state index contributed by atoms with van der Waals surface area (Å²) in [4.78, 5) is 4.49. The number of hydrogen-bond donors (Lipinski definition) is 1. The van der Waals surface area contributed by atoms with Gasteiger partial charge in [-0.1, -0.05) is 17.7 Å². The van der Waals surface area contributed by atoms with E-state index >= 15 is 0 Å². The van der Waals surface area contributed by atoms with Crippen LogP contribution in [0.5, 0.6) is 5.75 Å². The molecular formula is C15H15ClN2O. The Morgan fingerprint density at radius 2 is 2.11 bits per heavy atom. The molecule has 0 unspecified atom stereocenters. The average molecular weight is 275 g/mol. The zero-order valence-corrected chi connectivity index (χ0v) is 11.4. The van der Waals surface area contributed by atoms with E-state index in [1.54, 1.807) is 7.11 Å². The molecule has 4 heteroatoms. The topological polar surface area (TPSA) is 48.1 Å². The van der Waals surface area contributed by atoms with E-state index in [1.807, 2.05) is 30.5 Å². The first-order chi connectivity index (χ1) is 9.19. The highest BCUT2D eigenvalue weighted by Gasteiger charge is 2.34. The molecule has 2 aromatic rings. The molecule has 3 rings (SSSR count). The van der Waals surface area contributed by atoms with Crippen molar-refractivity contribution in [2.45, 2.75) is 18.4 Å². The number of benzene rings is 1. The van der Waals surface area contributed by atoms with Crippen molar-refractivity contribution in [1.29, 1.82) is 0 Å². The number of methoxy groups -OCH3 is 1. The third kappa shape index (κ3) is 2.44. The number of rotatable bonds is 3. The van der Waals surface area contributed by atoms with Crippen LogP contribution in [0.2, 0.25) is 5.02 Å². The van der Waals surface area contributed by atoms with Crippen LogP contribution < -0.4 is 10.5 Å². The van der Waals surface area contributed by atoms with E-state index < -0.39 is 0 Å². The van der Waals surface area contributed by atoms with Crippen molar-refractivity contribution < 1.29 is 4.74 Å². The molecule has 98 valence electrons. The fourth-order valence-corrected chi connectivity index (χ4v) is 2.42. The minimum atomic E-state index is 0.299. The van der Waals surface area contributed by atoms with Gasteiger partial charge in [-0.15, -0.1) is 0 Å². The Morgan fingerprint density at radius 1 is 1.32 bits per heavy atom. The van der Waals surface area contributed by atoms with Gasteiger partial charge in [-0.2, -0.15) is 0 Å². The van der Waals surface area contributed by atoms with Crippen LogP contribution in [0.1, 0.15) is 17.9 Å². The molecule has 0 aliphatic heterocycles. The molecule has 0 saturated heterocycles. The van der Waals surface area contributed by atoms with E-state index in [1.165, 1.54) is 5.56 Å². The van der Waals surface area contributed by atoms with Crippen LogP contribution in [0.15, 0.2) is 36.5 Å². The van der Waals surface area contributed by atoms with Gasteiger partial charge in [-0.05, 0) is 36.2 Å². The molecule has 1 aromatic carbocycles. The fraction of sp³-hybridized carbons (Fsp3) is 0.267. The molecule has 1 saturated carbocycles. The number of nitrogens with two attached hydrogens (primary N) is 1. The molecule has 0 spiro atoms. The van der Waals surface area contributed by atoms with Crippen LogP contribution in [0.25, 0.3) is 11.3 Å². The van der Waals surface area contributed by atoms with Crippen molar-refractivity contribution in [3.05, 3.63) is 47.1 Å². The second-order valence-electron chi connectivity index (χ2n) is 4.83. The number of ether oxygens (including phenoxy) is 1. The van der Waals surface area contributed by atoms with Crippen molar-refractivity contribution in [1.82, 2.24) is 4.98 Å². The fourth-order valence-electron chi connectivity index (χ4n) is 2.21. The smallest absolute Gasteiger partial charge is 0.119 e. The number of nitrogens with zero attached hydrogens (tertiary/aromatic N) is 1. The molecule has 1 aromatic heterocycles. The number of pyridine rings is 1. The summed E-state index contributed by atoms with van der Waals surface area (Å²) in [6.07, 6.45) is 2.95. The molecule has 1 fully saturated rings.